The Morgan fingerprint density at radius 3 is 1.63 bits per heavy atom. The molecule has 2 nitrogen and oxygen atoms in total. The Morgan fingerprint density at radius 1 is 0.481 bits per heavy atom. The minimum Gasteiger partial charge on any atom is -0.309 e. The van der Waals surface area contributed by atoms with Crippen molar-refractivity contribution in [1.82, 2.24) is 9.13 Å². The van der Waals surface area contributed by atoms with E-state index >= 15 is 0 Å². The van der Waals surface area contributed by atoms with Gasteiger partial charge in [0.1, 0.15) is 0 Å². The fourth-order valence-electron chi connectivity index (χ4n) is 10.4. The summed E-state index contributed by atoms with van der Waals surface area (Å²) in [5.41, 5.74) is 18.3. The molecule has 12 rings (SSSR count). The van der Waals surface area contributed by atoms with E-state index in [9.17, 15) is 0 Å². The molecule has 2 atom stereocenters. The van der Waals surface area contributed by atoms with Gasteiger partial charge in [0.15, 0.2) is 0 Å². The number of nitrogens with zero attached hydrogens (tertiary/aromatic N) is 2. The topological polar surface area (TPSA) is 9.86 Å². The van der Waals surface area contributed by atoms with E-state index in [1.165, 1.54) is 99.5 Å². The molecule has 0 fully saturated rings. The van der Waals surface area contributed by atoms with Crippen LogP contribution in [-0.2, 0) is 5.41 Å². The third-order valence-electron chi connectivity index (χ3n) is 12.3. The summed E-state index contributed by atoms with van der Waals surface area (Å²) >= 11 is 0. The quantitative estimate of drug-likeness (QED) is 0.174. The number of allylic oxidation sites excluding steroid dienone is 4. The first kappa shape index (κ1) is 28.3. The Kier molecular flexibility index (Phi) is 5.51. The van der Waals surface area contributed by atoms with Gasteiger partial charge in [-0.2, -0.15) is 0 Å². The highest BCUT2D eigenvalue weighted by molar-refractivity contribution is 6.19. The lowest BCUT2D eigenvalue weighted by Gasteiger charge is -2.34. The van der Waals surface area contributed by atoms with Crippen molar-refractivity contribution >= 4 is 49.2 Å². The van der Waals surface area contributed by atoms with Crippen molar-refractivity contribution in [1.29, 1.82) is 0 Å². The maximum absolute atomic E-state index is 2.53. The number of para-hydroxylation sites is 4. The zero-order chi connectivity index (χ0) is 34.1. The highest BCUT2D eigenvalue weighted by Crippen LogP contribution is 2.66. The van der Waals surface area contributed by atoms with Gasteiger partial charge in [-0.15, -0.1) is 0 Å². The predicted octanol–water partition coefficient (Wildman–Crippen LogP) is 12.6. The largest absolute Gasteiger partial charge is 0.309 e. The van der Waals surface area contributed by atoms with Crippen LogP contribution in [0.1, 0.15) is 35.6 Å². The molecule has 0 aliphatic heterocycles. The Hall–Kier alpha value is -6.38. The lowest BCUT2D eigenvalue weighted by molar-refractivity contribution is 0.631. The van der Waals surface area contributed by atoms with Crippen molar-refractivity contribution in [3.8, 4) is 22.5 Å². The van der Waals surface area contributed by atoms with Crippen molar-refractivity contribution in [3.05, 3.63) is 198 Å². The molecule has 9 aromatic rings. The maximum atomic E-state index is 2.53. The average Bonchev–Trinajstić information content (AvgIpc) is 3.90. The van der Waals surface area contributed by atoms with Gasteiger partial charge in [0, 0.05) is 44.0 Å². The summed E-state index contributed by atoms with van der Waals surface area (Å²) in [6.45, 7) is 2.38. The van der Waals surface area contributed by atoms with Gasteiger partial charge in [-0.3, -0.25) is 0 Å². The molecular formula is C50H34N2. The second-order valence-corrected chi connectivity index (χ2v) is 14.9. The fraction of sp³-hybridized carbons (Fsp3) is 0.0800. The van der Waals surface area contributed by atoms with Crippen LogP contribution in [0.25, 0.3) is 71.7 Å². The summed E-state index contributed by atoms with van der Waals surface area (Å²) in [6, 6.07) is 58.9. The number of hydrogen-bond acceptors (Lipinski definition) is 0. The van der Waals surface area contributed by atoms with E-state index in [1.54, 1.807) is 0 Å². The van der Waals surface area contributed by atoms with Gasteiger partial charge in [0.2, 0.25) is 0 Å². The van der Waals surface area contributed by atoms with Gasteiger partial charge < -0.3 is 9.13 Å². The molecule has 1 spiro atoms. The normalized spacial score (nSPS) is 18.5. The highest BCUT2D eigenvalue weighted by Gasteiger charge is 2.54. The zero-order valence-corrected chi connectivity index (χ0v) is 28.8. The van der Waals surface area contributed by atoms with Crippen molar-refractivity contribution < 1.29 is 0 Å². The summed E-state index contributed by atoms with van der Waals surface area (Å²) in [5, 5.41) is 5.19. The molecule has 0 saturated carbocycles. The van der Waals surface area contributed by atoms with E-state index in [0.29, 0.717) is 5.92 Å². The SMILES string of the molecule is CC1C=CC2=C(C1)C1(c3ccccc3-c3c1ccc1c4ccccc4n(-c4ccccc4)c31)c1ccc3c4ccccc4n(-c4ccccc4)c3c12. The minimum atomic E-state index is -0.409. The van der Waals surface area contributed by atoms with Gasteiger partial charge in [-0.25, -0.2) is 0 Å². The number of benzene rings is 7. The van der Waals surface area contributed by atoms with Crippen molar-refractivity contribution in [3.63, 3.8) is 0 Å². The van der Waals surface area contributed by atoms with Crippen LogP contribution >= 0.6 is 0 Å². The molecule has 0 amide bonds. The van der Waals surface area contributed by atoms with Crippen LogP contribution in [0.2, 0.25) is 0 Å². The third-order valence-corrected chi connectivity index (χ3v) is 12.3. The van der Waals surface area contributed by atoms with Crippen molar-refractivity contribution in [2.24, 2.45) is 5.92 Å². The summed E-state index contributed by atoms with van der Waals surface area (Å²) in [7, 11) is 0. The van der Waals surface area contributed by atoms with Gasteiger partial charge in [-0.1, -0.05) is 140 Å². The van der Waals surface area contributed by atoms with Crippen LogP contribution in [0.5, 0.6) is 0 Å². The van der Waals surface area contributed by atoms with E-state index < -0.39 is 5.41 Å². The summed E-state index contributed by atoms with van der Waals surface area (Å²) < 4.78 is 5.04. The van der Waals surface area contributed by atoms with Crippen LogP contribution in [0, 0.1) is 5.92 Å². The van der Waals surface area contributed by atoms with Gasteiger partial charge in [0.05, 0.1) is 27.5 Å². The number of hydrogen-bond donors (Lipinski definition) is 0. The van der Waals surface area contributed by atoms with Crippen LogP contribution in [0.4, 0.5) is 0 Å². The van der Waals surface area contributed by atoms with E-state index in [4.69, 9.17) is 0 Å². The lowest BCUT2D eigenvalue weighted by atomic mass is 9.67. The molecule has 3 aliphatic rings. The van der Waals surface area contributed by atoms with Crippen LogP contribution in [0.15, 0.2) is 175 Å². The lowest BCUT2D eigenvalue weighted by Crippen LogP contribution is -2.28. The monoisotopic (exact) mass is 662 g/mol. The van der Waals surface area contributed by atoms with Crippen molar-refractivity contribution in [2.75, 3.05) is 0 Å². The van der Waals surface area contributed by atoms with Gasteiger partial charge >= 0.3 is 0 Å². The predicted molar refractivity (Wildman–Crippen MR) is 217 cm³/mol. The fourth-order valence-corrected chi connectivity index (χ4v) is 10.4. The Bertz CT molecular complexity index is 3040. The molecule has 0 radical (unpaired) electrons. The van der Waals surface area contributed by atoms with Crippen LogP contribution in [0.3, 0.4) is 0 Å². The Labute approximate surface area is 302 Å². The smallest absolute Gasteiger partial charge is 0.0690 e. The first-order valence-corrected chi connectivity index (χ1v) is 18.5. The standard InChI is InChI=1S/C50H34N2/c1-31-24-25-39-43(30-31)50(42-29-27-37-35-19-10-13-23-45(35)52(49(37)47(39)42)33-16-6-3-7-17-33)40-21-11-8-20-38(40)46-41(50)28-26-36-34-18-9-12-22-44(34)51(48(36)46)32-14-4-2-5-15-32/h2-29,31H,30H2,1H3. The number of fused-ring (bicyclic) bond motifs is 17. The average molecular weight is 663 g/mol. The molecular weight excluding hydrogens is 629 g/mol. The molecule has 2 aromatic heterocycles. The second kappa shape index (κ2) is 10.1. The molecule has 244 valence electrons. The number of rotatable bonds is 2. The van der Waals surface area contributed by atoms with Crippen LogP contribution in [-0.4, -0.2) is 9.13 Å². The molecule has 52 heavy (non-hydrogen) atoms. The summed E-state index contributed by atoms with van der Waals surface area (Å²) in [5.74, 6) is 0.441. The van der Waals surface area contributed by atoms with Crippen molar-refractivity contribution in [2.45, 2.75) is 18.8 Å². The van der Waals surface area contributed by atoms with E-state index in [1.807, 2.05) is 0 Å². The molecule has 2 heteroatoms. The van der Waals surface area contributed by atoms with Crippen LogP contribution < -0.4 is 0 Å². The summed E-state index contributed by atoms with van der Waals surface area (Å²) in [4.78, 5) is 0. The first-order valence-electron chi connectivity index (χ1n) is 18.5. The molecule has 0 saturated heterocycles. The van der Waals surface area contributed by atoms with E-state index in [2.05, 4.69) is 186 Å². The highest BCUT2D eigenvalue weighted by atomic mass is 15.0. The van der Waals surface area contributed by atoms with Gasteiger partial charge in [-0.05, 0) is 82.1 Å². The third kappa shape index (κ3) is 3.36. The molecule has 0 N–H and O–H groups in total. The zero-order valence-electron chi connectivity index (χ0n) is 28.8. The van der Waals surface area contributed by atoms with E-state index in [-0.39, 0.29) is 0 Å². The molecule has 7 aromatic carbocycles. The van der Waals surface area contributed by atoms with Gasteiger partial charge in [0.25, 0.3) is 0 Å². The molecule has 0 bridgehead atoms. The molecule has 3 aliphatic carbocycles. The maximum Gasteiger partial charge on any atom is 0.0690 e. The van der Waals surface area contributed by atoms with E-state index in [0.717, 1.165) is 6.42 Å². The Balaban J connectivity index is 1.29. The molecule has 2 heterocycles. The Morgan fingerprint density at radius 2 is 1.00 bits per heavy atom. The number of aromatic nitrogens is 2. The summed E-state index contributed by atoms with van der Waals surface area (Å²) in [6.07, 6.45) is 5.92. The molecule has 2 unspecified atom stereocenters. The first-order chi connectivity index (χ1) is 25.7. The minimum absolute atomic E-state index is 0.409. The second-order valence-electron chi connectivity index (χ2n) is 14.9.